The van der Waals surface area contributed by atoms with E-state index in [9.17, 15) is 9.18 Å². The van der Waals surface area contributed by atoms with Crippen LogP contribution in [0, 0.1) is 5.82 Å². The van der Waals surface area contributed by atoms with Gasteiger partial charge in [0.2, 0.25) is 0 Å². The van der Waals surface area contributed by atoms with E-state index in [1.165, 1.54) is 12.1 Å². The first-order valence-electron chi connectivity index (χ1n) is 10.7. The van der Waals surface area contributed by atoms with Crippen molar-refractivity contribution in [3.63, 3.8) is 0 Å². The Morgan fingerprint density at radius 3 is 2.45 bits per heavy atom. The molecule has 1 aliphatic rings. The third-order valence-corrected chi connectivity index (χ3v) is 5.72. The van der Waals surface area contributed by atoms with Crippen molar-refractivity contribution in [3.05, 3.63) is 77.9 Å². The van der Waals surface area contributed by atoms with E-state index in [-0.39, 0.29) is 17.2 Å². The number of hydrogen-bond donors (Lipinski definition) is 0. The van der Waals surface area contributed by atoms with Gasteiger partial charge in [-0.3, -0.25) is 9.78 Å². The molecular formula is C25H27FN4O. The van der Waals surface area contributed by atoms with E-state index in [1.807, 2.05) is 23.2 Å². The van der Waals surface area contributed by atoms with Gasteiger partial charge in [-0.1, -0.05) is 26.8 Å². The molecule has 0 bridgehead atoms. The normalized spacial score (nSPS) is 15.2. The van der Waals surface area contributed by atoms with Crippen LogP contribution in [0.4, 0.5) is 4.39 Å². The Labute approximate surface area is 182 Å². The summed E-state index contributed by atoms with van der Waals surface area (Å²) in [6.07, 6.45) is 7.08. The summed E-state index contributed by atoms with van der Waals surface area (Å²) >= 11 is 0. The molecule has 0 spiro atoms. The number of benzene rings is 1. The van der Waals surface area contributed by atoms with Crippen LogP contribution < -0.4 is 0 Å². The lowest BCUT2D eigenvalue weighted by molar-refractivity contribution is 0.0711. The Hall–Kier alpha value is -3.15. The maximum absolute atomic E-state index is 13.5. The van der Waals surface area contributed by atoms with E-state index in [2.05, 4.69) is 30.7 Å². The van der Waals surface area contributed by atoms with Gasteiger partial charge in [0.25, 0.3) is 5.91 Å². The van der Waals surface area contributed by atoms with Crippen LogP contribution >= 0.6 is 0 Å². The predicted molar refractivity (Wildman–Crippen MR) is 118 cm³/mol. The van der Waals surface area contributed by atoms with Gasteiger partial charge < -0.3 is 4.90 Å². The summed E-state index contributed by atoms with van der Waals surface area (Å²) in [5.74, 6) is 0.534. The maximum atomic E-state index is 13.5. The third-order valence-electron chi connectivity index (χ3n) is 5.72. The number of halogens is 1. The number of carbonyl (C=O) groups excluding carboxylic acids is 1. The molecule has 5 nitrogen and oxygen atoms in total. The van der Waals surface area contributed by atoms with Gasteiger partial charge in [-0.05, 0) is 48.7 Å². The Morgan fingerprint density at radius 1 is 1.10 bits per heavy atom. The highest BCUT2D eigenvalue weighted by Crippen LogP contribution is 2.35. The van der Waals surface area contributed by atoms with Crippen LogP contribution in [0.3, 0.4) is 0 Å². The third kappa shape index (κ3) is 4.63. The van der Waals surface area contributed by atoms with Gasteiger partial charge >= 0.3 is 0 Å². The minimum absolute atomic E-state index is 0.120. The molecule has 0 atom stereocenters. The molecule has 2 aromatic heterocycles. The Balaban J connectivity index is 1.59. The second kappa shape index (κ2) is 8.53. The number of aromatic nitrogens is 3. The molecule has 0 saturated carbocycles. The first-order valence-corrected chi connectivity index (χ1v) is 10.7. The molecule has 6 heteroatoms. The maximum Gasteiger partial charge on any atom is 0.253 e. The summed E-state index contributed by atoms with van der Waals surface area (Å²) in [4.78, 5) is 28.4. The van der Waals surface area contributed by atoms with Crippen molar-refractivity contribution < 1.29 is 9.18 Å². The van der Waals surface area contributed by atoms with E-state index in [0.717, 1.165) is 35.5 Å². The van der Waals surface area contributed by atoms with Gasteiger partial charge in [0.05, 0.1) is 5.69 Å². The monoisotopic (exact) mass is 418 g/mol. The summed E-state index contributed by atoms with van der Waals surface area (Å²) in [7, 11) is 0. The summed E-state index contributed by atoms with van der Waals surface area (Å²) in [6, 6.07) is 9.84. The van der Waals surface area contributed by atoms with Crippen molar-refractivity contribution in [1.29, 1.82) is 0 Å². The highest BCUT2D eigenvalue weighted by molar-refractivity contribution is 5.94. The van der Waals surface area contributed by atoms with Gasteiger partial charge in [0, 0.05) is 54.1 Å². The topological polar surface area (TPSA) is 59.0 Å². The molecule has 1 saturated heterocycles. The van der Waals surface area contributed by atoms with E-state index >= 15 is 0 Å². The number of rotatable bonds is 3. The molecule has 0 unspecified atom stereocenters. The minimum Gasteiger partial charge on any atom is -0.339 e. The minimum atomic E-state index is -0.390. The molecule has 3 aromatic rings. The zero-order valence-corrected chi connectivity index (χ0v) is 18.2. The van der Waals surface area contributed by atoms with Crippen molar-refractivity contribution in [1.82, 2.24) is 19.9 Å². The van der Waals surface area contributed by atoms with Gasteiger partial charge in [0.15, 0.2) is 0 Å². The lowest BCUT2D eigenvalue weighted by Gasteiger charge is -2.33. The van der Waals surface area contributed by atoms with Gasteiger partial charge in [0.1, 0.15) is 11.6 Å². The summed E-state index contributed by atoms with van der Waals surface area (Å²) < 4.78 is 13.5. The van der Waals surface area contributed by atoms with E-state index in [0.29, 0.717) is 18.7 Å². The number of pyridine rings is 1. The van der Waals surface area contributed by atoms with Crippen LogP contribution in [0.1, 0.15) is 61.4 Å². The molecule has 1 amide bonds. The molecule has 1 aromatic carbocycles. The van der Waals surface area contributed by atoms with Crippen LogP contribution in [0.5, 0.6) is 0 Å². The Bertz CT molecular complexity index is 1070. The van der Waals surface area contributed by atoms with Gasteiger partial charge in [-0.2, -0.15) is 0 Å². The summed E-state index contributed by atoms with van der Waals surface area (Å²) in [5.41, 5.74) is 3.34. The first-order chi connectivity index (χ1) is 14.8. The Morgan fingerprint density at radius 2 is 1.81 bits per heavy atom. The van der Waals surface area contributed by atoms with Crippen molar-refractivity contribution in [2.75, 3.05) is 13.1 Å². The van der Waals surface area contributed by atoms with Gasteiger partial charge in [-0.15, -0.1) is 0 Å². The summed E-state index contributed by atoms with van der Waals surface area (Å²) in [5, 5.41) is 0. The number of nitrogens with zero attached hydrogens (tertiary/aromatic N) is 4. The zero-order valence-electron chi connectivity index (χ0n) is 18.2. The van der Waals surface area contributed by atoms with Crippen LogP contribution in [0.2, 0.25) is 0 Å². The van der Waals surface area contributed by atoms with E-state index < -0.39 is 5.82 Å². The van der Waals surface area contributed by atoms with Crippen molar-refractivity contribution in [2.24, 2.45) is 0 Å². The molecular weight excluding hydrogens is 391 g/mol. The highest BCUT2D eigenvalue weighted by Gasteiger charge is 2.29. The van der Waals surface area contributed by atoms with Crippen LogP contribution in [0.25, 0.3) is 11.1 Å². The first kappa shape index (κ1) is 21.1. The van der Waals surface area contributed by atoms with Gasteiger partial charge in [-0.25, -0.2) is 14.4 Å². The second-order valence-corrected chi connectivity index (χ2v) is 9.06. The fourth-order valence-corrected chi connectivity index (χ4v) is 3.98. The molecule has 160 valence electrons. The van der Waals surface area contributed by atoms with Crippen LogP contribution in [-0.4, -0.2) is 38.8 Å². The van der Waals surface area contributed by atoms with Crippen molar-refractivity contribution >= 4 is 5.91 Å². The molecule has 4 rings (SSSR count). The molecule has 0 radical (unpaired) electrons. The SMILES string of the molecule is CC(C)(C)c1ncc(-c2ccncc2)c(C2CCN(C(=O)c3cccc(F)c3)CC2)n1. The summed E-state index contributed by atoms with van der Waals surface area (Å²) in [6.45, 7) is 7.56. The lowest BCUT2D eigenvalue weighted by Crippen LogP contribution is -2.38. The standard InChI is InChI=1S/C25H27FN4O/c1-25(2,3)24-28-16-21(17-7-11-27-12-8-17)22(29-24)18-9-13-30(14-10-18)23(31)19-5-4-6-20(26)15-19/h4-8,11-12,15-16,18H,9-10,13-14H2,1-3H3. The lowest BCUT2D eigenvalue weighted by atomic mass is 9.87. The predicted octanol–water partition coefficient (Wildman–Crippen LogP) is 5.00. The zero-order chi connectivity index (χ0) is 22.0. The smallest absolute Gasteiger partial charge is 0.253 e. The number of carbonyl (C=O) groups is 1. The molecule has 1 aliphatic heterocycles. The number of likely N-dealkylation sites (tertiary alicyclic amines) is 1. The number of hydrogen-bond acceptors (Lipinski definition) is 4. The average molecular weight is 419 g/mol. The van der Waals surface area contributed by atoms with Crippen LogP contribution in [-0.2, 0) is 5.41 Å². The van der Waals surface area contributed by atoms with E-state index in [4.69, 9.17) is 4.98 Å². The van der Waals surface area contributed by atoms with Crippen LogP contribution in [0.15, 0.2) is 55.0 Å². The number of amides is 1. The average Bonchev–Trinajstić information content (AvgIpc) is 2.78. The molecule has 31 heavy (non-hydrogen) atoms. The fourth-order valence-electron chi connectivity index (χ4n) is 3.98. The largest absolute Gasteiger partial charge is 0.339 e. The fraction of sp³-hybridized carbons (Fsp3) is 0.360. The Kier molecular flexibility index (Phi) is 5.81. The quantitative estimate of drug-likeness (QED) is 0.601. The van der Waals surface area contributed by atoms with E-state index in [1.54, 1.807) is 24.5 Å². The van der Waals surface area contributed by atoms with Crippen molar-refractivity contribution in [3.8, 4) is 11.1 Å². The molecule has 0 aliphatic carbocycles. The molecule has 0 N–H and O–H groups in total. The number of piperidine rings is 1. The van der Waals surface area contributed by atoms with Crippen molar-refractivity contribution in [2.45, 2.75) is 44.9 Å². The highest BCUT2D eigenvalue weighted by atomic mass is 19.1. The second-order valence-electron chi connectivity index (χ2n) is 9.06. The molecule has 1 fully saturated rings. The molecule has 3 heterocycles.